The number of rotatable bonds is 4. The molecule has 2 aromatic heterocycles. The number of thiophene rings is 1. The molecule has 2 amide bonds. The molecule has 0 spiro atoms. The van der Waals surface area contributed by atoms with Crippen LogP contribution in [0.4, 0.5) is 5.82 Å². The molecule has 5 nitrogen and oxygen atoms in total. The number of amides is 2. The number of aryl methyl sites for hydroxylation is 1. The molecule has 126 valence electrons. The second-order valence-corrected chi connectivity index (χ2v) is 6.98. The zero-order valence-electron chi connectivity index (χ0n) is 13.7. The molecular weight excluding hydrogens is 322 g/mol. The molecule has 3 heterocycles. The molecule has 24 heavy (non-hydrogen) atoms. The SMILES string of the molecule is Cc1ccc(NC(=O)[C@H]2CCCN(C(=O)Cc3ccsc3)C2)nc1. The van der Waals surface area contributed by atoms with Gasteiger partial charge in [0.2, 0.25) is 11.8 Å². The molecular formula is C18H21N3O2S. The fourth-order valence-electron chi connectivity index (χ4n) is 2.87. The summed E-state index contributed by atoms with van der Waals surface area (Å²) in [5.74, 6) is 0.430. The highest BCUT2D eigenvalue weighted by molar-refractivity contribution is 7.08. The third-order valence-electron chi connectivity index (χ3n) is 4.24. The van der Waals surface area contributed by atoms with Crippen LogP contribution >= 0.6 is 11.3 Å². The molecule has 0 aromatic carbocycles. The molecule has 0 aliphatic carbocycles. The van der Waals surface area contributed by atoms with E-state index in [4.69, 9.17) is 0 Å². The Morgan fingerprint density at radius 1 is 1.38 bits per heavy atom. The first-order valence-corrected chi connectivity index (χ1v) is 9.08. The number of carbonyl (C=O) groups excluding carboxylic acids is 2. The van der Waals surface area contributed by atoms with Gasteiger partial charge in [0.25, 0.3) is 0 Å². The summed E-state index contributed by atoms with van der Waals surface area (Å²) in [7, 11) is 0. The van der Waals surface area contributed by atoms with Gasteiger partial charge in [-0.1, -0.05) is 6.07 Å². The summed E-state index contributed by atoms with van der Waals surface area (Å²) in [5.41, 5.74) is 2.09. The maximum absolute atomic E-state index is 12.5. The molecule has 6 heteroatoms. The molecule has 1 aliphatic heterocycles. The van der Waals surface area contributed by atoms with Crippen LogP contribution in [0.2, 0.25) is 0 Å². The Balaban J connectivity index is 1.57. The van der Waals surface area contributed by atoms with Crippen LogP contribution in [0, 0.1) is 12.8 Å². The van der Waals surface area contributed by atoms with E-state index in [2.05, 4.69) is 10.3 Å². The number of aromatic nitrogens is 1. The second kappa shape index (κ2) is 7.57. The van der Waals surface area contributed by atoms with Gasteiger partial charge in [-0.25, -0.2) is 4.98 Å². The van der Waals surface area contributed by atoms with Crippen molar-refractivity contribution in [2.24, 2.45) is 5.92 Å². The second-order valence-electron chi connectivity index (χ2n) is 6.20. The lowest BCUT2D eigenvalue weighted by Gasteiger charge is -2.32. The first kappa shape index (κ1) is 16.6. The zero-order chi connectivity index (χ0) is 16.9. The Hall–Kier alpha value is -2.21. The Morgan fingerprint density at radius 3 is 2.96 bits per heavy atom. The van der Waals surface area contributed by atoms with E-state index in [-0.39, 0.29) is 17.7 Å². The average Bonchev–Trinajstić information content (AvgIpc) is 3.10. The normalized spacial score (nSPS) is 17.5. The largest absolute Gasteiger partial charge is 0.342 e. The summed E-state index contributed by atoms with van der Waals surface area (Å²) in [4.78, 5) is 30.9. The van der Waals surface area contributed by atoms with Gasteiger partial charge in [0.1, 0.15) is 5.82 Å². The first-order chi connectivity index (χ1) is 11.6. The molecule has 1 saturated heterocycles. The molecule has 0 bridgehead atoms. The van der Waals surface area contributed by atoms with Crippen LogP contribution < -0.4 is 5.32 Å². The van der Waals surface area contributed by atoms with Crippen molar-refractivity contribution in [3.05, 3.63) is 46.3 Å². The van der Waals surface area contributed by atoms with Crippen molar-refractivity contribution in [3.8, 4) is 0 Å². The number of piperidine rings is 1. The smallest absolute Gasteiger partial charge is 0.230 e. The molecule has 0 unspecified atom stereocenters. The van der Waals surface area contributed by atoms with Crippen LogP contribution in [0.5, 0.6) is 0 Å². The van der Waals surface area contributed by atoms with Gasteiger partial charge >= 0.3 is 0 Å². The van der Waals surface area contributed by atoms with Gasteiger partial charge in [0.15, 0.2) is 0 Å². The maximum Gasteiger partial charge on any atom is 0.230 e. The predicted octanol–water partition coefficient (Wildman–Crippen LogP) is 2.87. The minimum absolute atomic E-state index is 0.0561. The molecule has 0 saturated carbocycles. The van der Waals surface area contributed by atoms with Crippen molar-refractivity contribution < 1.29 is 9.59 Å². The lowest BCUT2D eigenvalue weighted by molar-refractivity contribution is -0.133. The highest BCUT2D eigenvalue weighted by Gasteiger charge is 2.28. The van der Waals surface area contributed by atoms with Gasteiger partial charge in [0, 0.05) is 19.3 Å². The van der Waals surface area contributed by atoms with E-state index in [1.54, 1.807) is 23.6 Å². The van der Waals surface area contributed by atoms with Crippen molar-refractivity contribution in [1.82, 2.24) is 9.88 Å². The van der Waals surface area contributed by atoms with Gasteiger partial charge in [0.05, 0.1) is 12.3 Å². The van der Waals surface area contributed by atoms with Crippen molar-refractivity contribution >= 4 is 29.0 Å². The van der Waals surface area contributed by atoms with Crippen molar-refractivity contribution in [3.63, 3.8) is 0 Å². The lowest BCUT2D eigenvalue weighted by Crippen LogP contribution is -2.44. The quantitative estimate of drug-likeness (QED) is 0.928. The molecule has 3 rings (SSSR count). The number of carbonyl (C=O) groups is 2. The number of hydrogen-bond donors (Lipinski definition) is 1. The molecule has 0 radical (unpaired) electrons. The van der Waals surface area contributed by atoms with E-state index in [0.717, 1.165) is 30.5 Å². The summed E-state index contributed by atoms with van der Waals surface area (Å²) >= 11 is 1.59. The fraction of sp³-hybridized carbons (Fsp3) is 0.389. The topological polar surface area (TPSA) is 62.3 Å². The summed E-state index contributed by atoms with van der Waals surface area (Å²) < 4.78 is 0. The van der Waals surface area contributed by atoms with E-state index in [9.17, 15) is 9.59 Å². The van der Waals surface area contributed by atoms with Gasteiger partial charge in [-0.05, 0) is 53.8 Å². The zero-order valence-corrected chi connectivity index (χ0v) is 14.5. The monoisotopic (exact) mass is 343 g/mol. The standard InChI is InChI=1S/C18H21N3O2S/c1-13-4-5-16(19-10-13)20-18(23)15-3-2-7-21(11-15)17(22)9-14-6-8-24-12-14/h4-6,8,10,12,15H,2-3,7,9,11H2,1H3,(H,19,20,23)/t15-/m0/s1. The van der Waals surface area contributed by atoms with E-state index < -0.39 is 0 Å². The first-order valence-electron chi connectivity index (χ1n) is 8.14. The molecule has 1 fully saturated rings. The van der Waals surface area contributed by atoms with Crippen LogP contribution in [-0.4, -0.2) is 34.8 Å². The number of nitrogens with one attached hydrogen (secondary N) is 1. The number of hydrogen-bond acceptors (Lipinski definition) is 4. The van der Waals surface area contributed by atoms with Crippen LogP contribution in [-0.2, 0) is 16.0 Å². The molecule has 1 aliphatic rings. The number of likely N-dealkylation sites (tertiary alicyclic amines) is 1. The Labute approximate surface area is 145 Å². The van der Waals surface area contributed by atoms with Crippen molar-refractivity contribution in [2.45, 2.75) is 26.2 Å². The van der Waals surface area contributed by atoms with Gasteiger partial charge in [-0.2, -0.15) is 11.3 Å². The summed E-state index contributed by atoms with van der Waals surface area (Å²) in [6, 6.07) is 5.69. The van der Waals surface area contributed by atoms with Crippen LogP contribution in [0.1, 0.15) is 24.0 Å². The average molecular weight is 343 g/mol. The highest BCUT2D eigenvalue weighted by Crippen LogP contribution is 2.20. The number of anilines is 1. The Bertz CT molecular complexity index is 698. The maximum atomic E-state index is 12.5. The fourth-order valence-corrected chi connectivity index (χ4v) is 3.54. The summed E-state index contributed by atoms with van der Waals surface area (Å²) in [5, 5.41) is 6.83. The predicted molar refractivity (Wildman–Crippen MR) is 94.9 cm³/mol. The Morgan fingerprint density at radius 2 is 2.25 bits per heavy atom. The number of pyridine rings is 1. The minimum Gasteiger partial charge on any atom is -0.342 e. The number of nitrogens with zero attached hydrogens (tertiary/aromatic N) is 2. The van der Waals surface area contributed by atoms with Crippen LogP contribution in [0.3, 0.4) is 0 Å². The van der Waals surface area contributed by atoms with Crippen molar-refractivity contribution in [1.29, 1.82) is 0 Å². The van der Waals surface area contributed by atoms with Gasteiger partial charge in [-0.3, -0.25) is 9.59 Å². The van der Waals surface area contributed by atoms with E-state index >= 15 is 0 Å². The summed E-state index contributed by atoms with van der Waals surface area (Å²) in [6.07, 6.45) is 3.80. The van der Waals surface area contributed by atoms with Crippen molar-refractivity contribution in [2.75, 3.05) is 18.4 Å². The van der Waals surface area contributed by atoms with E-state index in [1.165, 1.54) is 0 Å². The minimum atomic E-state index is -0.173. The third kappa shape index (κ3) is 4.20. The third-order valence-corrected chi connectivity index (χ3v) is 4.98. The van der Waals surface area contributed by atoms with E-state index in [0.29, 0.717) is 18.8 Å². The summed E-state index contributed by atoms with van der Waals surface area (Å²) in [6.45, 7) is 3.17. The van der Waals surface area contributed by atoms with E-state index in [1.807, 2.05) is 34.7 Å². The Kier molecular flexibility index (Phi) is 5.25. The van der Waals surface area contributed by atoms with Gasteiger partial charge < -0.3 is 10.2 Å². The lowest BCUT2D eigenvalue weighted by atomic mass is 9.96. The molecule has 1 N–H and O–H groups in total. The molecule has 2 aromatic rings. The van der Waals surface area contributed by atoms with Crippen LogP contribution in [0.15, 0.2) is 35.2 Å². The highest BCUT2D eigenvalue weighted by atomic mass is 32.1. The van der Waals surface area contributed by atoms with Crippen LogP contribution in [0.25, 0.3) is 0 Å². The molecule has 1 atom stereocenters. The van der Waals surface area contributed by atoms with Gasteiger partial charge in [-0.15, -0.1) is 0 Å².